The van der Waals surface area contributed by atoms with Gasteiger partial charge in [0.2, 0.25) is 5.91 Å². The van der Waals surface area contributed by atoms with Crippen molar-refractivity contribution in [3.63, 3.8) is 0 Å². The average Bonchev–Trinajstić information content (AvgIpc) is 3.35. The average molecular weight is 622 g/mol. The van der Waals surface area contributed by atoms with Crippen molar-refractivity contribution < 1.29 is 33.5 Å². The van der Waals surface area contributed by atoms with Crippen LogP contribution in [0.3, 0.4) is 0 Å². The highest BCUT2D eigenvalue weighted by molar-refractivity contribution is 6.31. The number of aromatic nitrogens is 1. The van der Waals surface area contributed by atoms with Gasteiger partial charge in [0.15, 0.2) is 5.58 Å². The molecule has 230 valence electrons. The van der Waals surface area contributed by atoms with E-state index >= 15 is 0 Å². The van der Waals surface area contributed by atoms with E-state index in [9.17, 15) is 9.18 Å². The van der Waals surface area contributed by atoms with E-state index in [1.165, 1.54) is 17.7 Å². The summed E-state index contributed by atoms with van der Waals surface area (Å²) in [5.74, 6) is -3.50. The largest absolute Gasteiger partial charge is 0.473 e. The predicted molar refractivity (Wildman–Crippen MR) is 164 cm³/mol. The Kier molecular flexibility index (Phi) is 9.92. The van der Waals surface area contributed by atoms with E-state index in [0.717, 1.165) is 86.2 Å². The maximum absolute atomic E-state index is 13.6. The number of likely N-dealkylation sites (tertiary alicyclic amines) is 1. The summed E-state index contributed by atoms with van der Waals surface area (Å²) in [6.45, 7) is 2.95. The number of benzene rings is 3. The molecule has 3 heterocycles. The van der Waals surface area contributed by atoms with Crippen LogP contribution in [-0.4, -0.2) is 57.7 Å². The number of piperidine rings is 1. The summed E-state index contributed by atoms with van der Waals surface area (Å²) < 4.78 is 18.9. The van der Waals surface area contributed by atoms with Crippen LogP contribution in [0.1, 0.15) is 54.8 Å². The van der Waals surface area contributed by atoms with Gasteiger partial charge in [-0.3, -0.25) is 9.69 Å². The summed E-state index contributed by atoms with van der Waals surface area (Å²) in [4.78, 5) is 36.1. The van der Waals surface area contributed by atoms with Crippen molar-refractivity contribution in [3.8, 4) is 0 Å². The summed E-state index contributed by atoms with van der Waals surface area (Å²) in [6.07, 6.45) is 6.11. The number of carboxylic acids is 2. The van der Waals surface area contributed by atoms with Gasteiger partial charge < -0.3 is 19.6 Å². The van der Waals surface area contributed by atoms with Crippen LogP contribution in [0, 0.1) is 5.82 Å². The van der Waals surface area contributed by atoms with Crippen LogP contribution in [0.4, 0.5) is 15.8 Å². The van der Waals surface area contributed by atoms with Crippen LogP contribution in [0.5, 0.6) is 0 Å². The molecular formula is C33H33ClFN3O6. The van der Waals surface area contributed by atoms with E-state index in [1.807, 2.05) is 41.3 Å². The minimum Gasteiger partial charge on any atom is -0.473 e. The number of hydrogen-bond acceptors (Lipinski definition) is 6. The number of carbonyl (C=O) groups excluding carboxylic acids is 1. The van der Waals surface area contributed by atoms with E-state index in [4.69, 9.17) is 35.9 Å². The molecule has 1 aromatic heterocycles. The van der Waals surface area contributed by atoms with E-state index < -0.39 is 11.9 Å². The first-order chi connectivity index (χ1) is 21.2. The van der Waals surface area contributed by atoms with Crippen molar-refractivity contribution in [2.24, 2.45) is 0 Å². The van der Waals surface area contributed by atoms with Gasteiger partial charge in [-0.2, -0.15) is 0 Å². The third-order valence-electron chi connectivity index (χ3n) is 8.17. The third-order valence-corrected chi connectivity index (χ3v) is 8.40. The number of carbonyl (C=O) groups is 3. The number of rotatable bonds is 6. The fourth-order valence-electron chi connectivity index (χ4n) is 5.94. The van der Waals surface area contributed by atoms with E-state index in [-0.39, 0.29) is 11.7 Å². The topological polar surface area (TPSA) is 124 Å². The Morgan fingerprint density at radius 2 is 1.61 bits per heavy atom. The number of fused-ring (bicyclic) bond motifs is 3. The summed E-state index contributed by atoms with van der Waals surface area (Å²) in [7, 11) is 0. The minimum atomic E-state index is -1.82. The smallest absolute Gasteiger partial charge is 0.414 e. The first-order valence-corrected chi connectivity index (χ1v) is 15.0. The van der Waals surface area contributed by atoms with Crippen molar-refractivity contribution in [2.45, 2.75) is 50.9 Å². The highest BCUT2D eigenvalue weighted by atomic mass is 35.5. The molecule has 0 bridgehead atoms. The molecule has 0 aliphatic carbocycles. The number of aryl methyl sites for hydroxylation is 2. The lowest BCUT2D eigenvalue weighted by molar-refractivity contribution is -0.159. The van der Waals surface area contributed by atoms with Crippen molar-refractivity contribution >= 4 is 51.8 Å². The zero-order chi connectivity index (χ0) is 31.2. The molecular weight excluding hydrogens is 589 g/mol. The standard InChI is InChI=1S/C31H31ClFN3O2.C2H2O4/c32-24-11-10-22-9-8-21-5-1-2-6-27(21)36(28(22)19-24)30(37)7-3-4-16-35-17-14-23(15-18-35)31-26-13-12-25(33)20-29(26)38-34-31;3-1(4)2(5)6/h1-2,5-6,10-13,19-20,23H,3-4,7-9,14-18H2;(H,3,4)(H,5,6). The number of amides is 1. The lowest BCUT2D eigenvalue weighted by atomic mass is 9.91. The summed E-state index contributed by atoms with van der Waals surface area (Å²) in [5, 5.41) is 20.6. The van der Waals surface area contributed by atoms with Crippen molar-refractivity contribution in [2.75, 3.05) is 24.5 Å². The molecule has 2 aliphatic rings. The zero-order valence-electron chi connectivity index (χ0n) is 24.0. The minimum absolute atomic E-state index is 0.121. The normalized spacial score (nSPS) is 15.1. The Morgan fingerprint density at radius 3 is 2.34 bits per heavy atom. The number of hydrogen-bond donors (Lipinski definition) is 2. The van der Waals surface area contributed by atoms with Gasteiger partial charge >= 0.3 is 11.9 Å². The van der Waals surface area contributed by atoms with Crippen molar-refractivity contribution in [3.05, 3.63) is 88.3 Å². The summed E-state index contributed by atoms with van der Waals surface area (Å²) in [6, 6.07) is 18.7. The Bertz CT molecular complexity index is 1650. The second-order valence-corrected chi connectivity index (χ2v) is 11.5. The number of anilines is 2. The molecule has 2 N–H and O–H groups in total. The molecule has 2 aliphatic heterocycles. The predicted octanol–water partition coefficient (Wildman–Crippen LogP) is 6.59. The van der Waals surface area contributed by atoms with E-state index in [0.29, 0.717) is 22.9 Å². The molecule has 4 aromatic rings. The molecule has 9 nitrogen and oxygen atoms in total. The quantitative estimate of drug-likeness (QED) is 0.183. The van der Waals surface area contributed by atoms with Crippen LogP contribution in [0.25, 0.3) is 11.0 Å². The van der Waals surface area contributed by atoms with Gasteiger partial charge in [0.1, 0.15) is 5.82 Å². The van der Waals surface area contributed by atoms with Crippen molar-refractivity contribution in [1.29, 1.82) is 0 Å². The van der Waals surface area contributed by atoms with Gasteiger partial charge in [-0.15, -0.1) is 0 Å². The maximum atomic E-state index is 13.6. The monoisotopic (exact) mass is 621 g/mol. The highest BCUT2D eigenvalue weighted by Crippen LogP contribution is 2.38. The van der Waals surface area contributed by atoms with Crippen LogP contribution >= 0.6 is 11.6 Å². The van der Waals surface area contributed by atoms with E-state index in [2.05, 4.69) is 16.1 Å². The Labute approximate surface area is 258 Å². The Hall–Kier alpha value is -4.28. The molecule has 44 heavy (non-hydrogen) atoms. The van der Waals surface area contributed by atoms with Gasteiger partial charge in [-0.05, 0) is 99.6 Å². The molecule has 11 heteroatoms. The maximum Gasteiger partial charge on any atom is 0.414 e. The number of aliphatic carboxylic acids is 2. The van der Waals surface area contributed by atoms with Gasteiger partial charge in [0, 0.05) is 28.8 Å². The van der Waals surface area contributed by atoms with Crippen LogP contribution in [0.15, 0.2) is 65.2 Å². The number of halogens is 2. The number of nitrogens with zero attached hydrogens (tertiary/aromatic N) is 3. The van der Waals surface area contributed by atoms with Gasteiger partial charge in [0.25, 0.3) is 0 Å². The Balaban J connectivity index is 0.000000584. The SMILES string of the molecule is O=C(CCCCN1CCC(c2noc3cc(F)ccc23)CC1)N1c2ccccc2CCc2ccc(Cl)cc21.O=C(O)C(=O)O. The van der Waals surface area contributed by atoms with E-state index in [1.54, 1.807) is 6.07 Å². The molecule has 3 aromatic carbocycles. The molecule has 1 fully saturated rings. The molecule has 0 spiro atoms. The van der Waals surface area contributed by atoms with Crippen molar-refractivity contribution in [1.82, 2.24) is 10.1 Å². The first-order valence-electron chi connectivity index (χ1n) is 14.6. The second-order valence-electron chi connectivity index (χ2n) is 11.0. The lowest BCUT2D eigenvalue weighted by Gasteiger charge is -2.31. The van der Waals surface area contributed by atoms with Gasteiger partial charge in [-0.25, -0.2) is 14.0 Å². The molecule has 0 saturated carbocycles. The van der Waals surface area contributed by atoms with Crippen LogP contribution < -0.4 is 4.90 Å². The highest BCUT2D eigenvalue weighted by Gasteiger charge is 2.27. The molecule has 1 saturated heterocycles. The lowest BCUT2D eigenvalue weighted by Crippen LogP contribution is -2.34. The third kappa shape index (κ3) is 7.26. The molecule has 1 amide bonds. The molecule has 6 rings (SSSR count). The number of para-hydroxylation sites is 1. The van der Waals surface area contributed by atoms with Crippen LogP contribution in [0.2, 0.25) is 5.02 Å². The molecule has 0 unspecified atom stereocenters. The van der Waals surface area contributed by atoms with Gasteiger partial charge in [0.05, 0.1) is 17.1 Å². The fraction of sp³-hybridized carbons (Fsp3) is 0.333. The number of carboxylic acid groups (broad SMARTS) is 2. The number of unbranched alkanes of at least 4 members (excludes halogenated alkanes) is 1. The van der Waals surface area contributed by atoms with Crippen LogP contribution in [-0.2, 0) is 27.2 Å². The molecule has 0 atom stereocenters. The first kappa shape index (κ1) is 31.2. The fourth-order valence-corrected chi connectivity index (χ4v) is 6.11. The summed E-state index contributed by atoms with van der Waals surface area (Å²) >= 11 is 6.35. The zero-order valence-corrected chi connectivity index (χ0v) is 24.8. The second kappa shape index (κ2) is 14.0. The Morgan fingerprint density at radius 1 is 0.909 bits per heavy atom. The summed E-state index contributed by atoms with van der Waals surface area (Å²) in [5.41, 5.74) is 5.71. The molecule has 0 radical (unpaired) electrons. The van der Waals surface area contributed by atoms with Gasteiger partial charge in [-0.1, -0.05) is 41.0 Å².